The Balaban J connectivity index is 2.50. The molecule has 0 aliphatic rings. The van der Waals surface area contributed by atoms with E-state index in [2.05, 4.69) is 20.3 Å². The molecule has 2 aromatic heterocycles. The van der Waals surface area contributed by atoms with Crippen LogP contribution in [-0.4, -0.2) is 30.9 Å². The zero-order valence-corrected chi connectivity index (χ0v) is 9.14. The highest BCUT2D eigenvalue weighted by atomic mass is 35.5. The molecule has 16 heavy (non-hydrogen) atoms. The van der Waals surface area contributed by atoms with E-state index in [1.54, 1.807) is 0 Å². The van der Waals surface area contributed by atoms with Crippen molar-refractivity contribution in [2.45, 2.75) is 0 Å². The Kier molecular flexibility index (Phi) is 2.71. The minimum atomic E-state index is -0.650. The summed E-state index contributed by atoms with van der Waals surface area (Å²) in [5.41, 5.74) is 5.14. The molecule has 2 aromatic rings. The van der Waals surface area contributed by atoms with Crippen LogP contribution < -0.4 is 5.73 Å². The first kappa shape index (κ1) is 10.8. The number of hydrogen-bond donors (Lipinski definition) is 1. The van der Waals surface area contributed by atoms with Gasteiger partial charge in [-0.1, -0.05) is 11.6 Å². The van der Waals surface area contributed by atoms with Gasteiger partial charge in [-0.3, -0.25) is 4.79 Å². The molecule has 0 atom stereocenters. The van der Waals surface area contributed by atoms with E-state index in [1.165, 1.54) is 16.9 Å². The molecule has 7 nitrogen and oxygen atoms in total. The molecule has 0 bridgehead atoms. The number of hydrogen-bond acceptors (Lipinski definition) is 5. The van der Waals surface area contributed by atoms with E-state index in [0.717, 1.165) is 0 Å². The molecule has 2 rings (SSSR count). The second-order valence-corrected chi connectivity index (χ2v) is 3.40. The average molecular weight is 259 g/mol. The predicted octanol–water partition coefficient (Wildman–Crippen LogP) is 0.463. The lowest BCUT2D eigenvalue weighted by molar-refractivity contribution is 0.0995. The number of primary amides is 1. The van der Waals surface area contributed by atoms with Gasteiger partial charge < -0.3 is 5.73 Å². The number of rotatable bonds is 2. The normalized spacial score (nSPS) is 10.4. The minimum absolute atomic E-state index is 0.0171. The zero-order chi connectivity index (χ0) is 11.7. The van der Waals surface area contributed by atoms with Crippen molar-refractivity contribution in [2.24, 2.45) is 5.73 Å². The Morgan fingerprint density at radius 2 is 2.12 bits per heavy atom. The molecule has 1 amide bonds. The van der Waals surface area contributed by atoms with E-state index in [-0.39, 0.29) is 21.9 Å². The van der Waals surface area contributed by atoms with Crippen LogP contribution in [0.2, 0.25) is 10.4 Å². The fourth-order valence-corrected chi connectivity index (χ4v) is 1.29. The summed E-state index contributed by atoms with van der Waals surface area (Å²) in [6.07, 6.45) is 1.46. The quantitative estimate of drug-likeness (QED) is 0.844. The number of nitrogens with two attached hydrogens (primary N) is 1. The van der Waals surface area contributed by atoms with Crippen LogP contribution in [-0.2, 0) is 0 Å². The van der Waals surface area contributed by atoms with E-state index in [0.29, 0.717) is 0 Å². The first-order chi connectivity index (χ1) is 7.58. The van der Waals surface area contributed by atoms with Crippen molar-refractivity contribution in [3.8, 4) is 5.82 Å². The molecule has 0 fully saturated rings. The van der Waals surface area contributed by atoms with Crippen molar-refractivity contribution >= 4 is 29.1 Å². The van der Waals surface area contributed by atoms with Gasteiger partial charge in [0.2, 0.25) is 5.28 Å². The van der Waals surface area contributed by atoms with Gasteiger partial charge in [-0.2, -0.15) is 10.1 Å². The SMILES string of the molecule is NC(=O)c1ccn(-c2nc(Cl)nnc2Cl)n1. The van der Waals surface area contributed by atoms with Gasteiger partial charge in [0.1, 0.15) is 5.69 Å². The highest BCUT2D eigenvalue weighted by Crippen LogP contribution is 2.15. The summed E-state index contributed by atoms with van der Waals surface area (Å²) in [6.45, 7) is 0. The van der Waals surface area contributed by atoms with E-state index in [1.807, 2.05) is 0 Å². The Bertz CT molecular complexity index is 554. The number of aromatic nitrogens is 5. The second kappa shape index (κ2) is 4.03. The Labute approximate surface area is 99.2 Å². The summed E-state index contributed by atoms with van der Waals surface area (Å²) in [4.78, 5) is 14.7. The highest BCUT2D eigenvalue weighted by molar-refractivity contribution is 6.31. The molecule has 82 valence electrons. The summed E-state index contributed by atoms with van der Waals surface area (Å²) in [7, 11) is 0. The van der Waals surface area contributed by atoms with E-state index in [4.69, 9.17) is 28.9 Å². The lowest BCUT2D eigenvalue weighted by Crippen LogP contribution is -2.12. The van der Waals surface area contributed by atoms with Crippen LogP contribution in [0, 0.1) is 0 Å². The van der Waals surface area contributed by atoms with E-state index < -0.39 is 5.91 Å². The van der Waals surface area contributed by atoms with Crippen LogP contribution in [0.4, 0.5) is 0 Å². The largest absolute Gasteiger partial charge is 0.364 e. The van der Waals surface area contributed by atoms with Crippen molar-refractivity contribution in [1.82, 2.24) is 25.0 Å². The van der Waals surface area contributed by atoms with Gasteiger partial charge in [0.25, 0.3) is 5.91 Å². The molecule has 0 saturated heterocycles. The molecule has 0 aliphatic carbocycles. The number of nitrogens with zero attached hydrogens (tertiary/aromatic N) is 5. The monoisotopic (exact) mass is 258 g/mol. The minimum Gasteiger partial charge on any atom is -0.364 e. The third kappa shape index (κ3) is 1.95. The average Bonchev–Trinajstić information content (AvgIpc) is 2.70. The lowest BCUT2D eigenvalue weighted by Gasteiger charge is -2.00. The van der Waals surface area contributed by atoms with Crippen LogP contribution in [0.25, 0.3) is 5.82 Å². The standard InChI is InChI=1S/C7H4Cl2N6O/c8-4-6(11-7(9)13-12-4)15-2-1-3(14-15)5(10)16/h1-2H,(H2,10,16). The number of carbonyl (C=O) groups excluding carboxylic acids is 1. The maximum atomic E-state index is 10.8. The zero-order valence-electron chi connectivity index (χ0n) is 7.63. The molecular weight excluding hydrogens is 255 g/mol. The van der Waals surface area contributed by atoms with E-state index >= 15 is 0 Å². The molecule has 2 N–H and O–H groups in total. The van der Waals surface area contributed by atoms with Crippen LogP contribution >= 0.6 is 23.2 Å². The Morgan fingerprint density at radius 3 is 2.75 bits per heavy atom. The summed E-state index contributed by atoms with van der Waals surface area (Å²) in [6, 6.07) is 1.43. The van der Waals surface area contributed by atoms with Crippen molar-refractivity contribution in [3.05, 3.63) is 28.4 Å². The molecule has 0 saturated carbocycles. The van der Waals surface area contributed by atoms with Crippen molar-refractivity contribution < 1.29 is 4.79 Å². The van der Waals surface area contributed by atoms with Crippen molar-refractivity contribution in [2.75, 3.05) is 0 Å². The third-order valence-electron chi connectivity index (χ3n) is 1.66. The molecule has 0 spiro atoms. The van der Waals surface area contributed by atoms with Crippen molar-refractivity contribution in [3.63, 3.8) is 0 Å². The highest BCUT2D eigenvalue weighted by Gasteiger charge is 2.11. The molecule has 2 heterocycles. The van der Waals surface area contributed by atoms with E-state index in [9.17, 15) is 4.79 Å². The first-order valence-electron chi connectivity index (χ1n) is 3.99. The van der Waals surface area contributed by atoms with Gasteiger partial charge in [0, 0.05) is 6.20 Å². The number of halogens is 2. The van der Waals surface area contributed by atoms with Gasteiger partial charge >= 0.3 is 0 Å². The van der Waals surface area contributed by atoms with Crippen LogP contribution in [0.3, 0.4) is 0 Å². The molecule has 0 aromatic carbocycles. The van der Waals surface area contributed by atoms with Crippen LogP contribution in [0.1, 0.15) is 10.5 Å². The Hall–Kier alpha value is -1.73. The predicted molar refractivity (Wildman–Crippen MR) is 55.5 cm³/mol. The summed E-state index contributed by atoms with van der Waals surface area (Å²) in [5, 5.41) is 10.8. The smallest absolute Gasteiger partial charge is 0.269 e. The lowest BCUT2D eigenvalue weighted by atomic mass is 10.4. The number of amides is 1. The third-order valence-corrected chi connectivity index (χ3v) is 2.07. The molecule has 0 aliphatic heterocycles. The molecule has 0 radical (unpaired) electrons. The molecule has 9 heteroatoms. The van der Waals surface area contributed by atoms with Gasteiger partial charge in [0.05, 0.1) is 0 Å². The van der Waals surface area contributed by atoms with Gasteiger partial charge in [-0.05, 0) is 17.7 Å². The summed E-state index contributed by atoms with van der Waals surface area (Å²) < 4.78 is 1.24. The van der Waals surface area contributed by atoms with Crippen LogP contribution in [0.15, 0.2) is 12.3 Å². The molecule has 0 unspecified atom stereocenters. The summed E-state index contributed by atoms with van der Waals surface area (Å²) in [5.74, 6) is -0.475. The topological polar surface area (TPSA) is 99.6 Å². The molecular formula is C7H4Cl2N6O. The van der Waals surface area contributed by atoms with Crippen LogP contribution in [0.5, 0.6) is 0 Å². The summed E-state index contributed by atoms with van der Waals surface area (Å²) >= 11 is 11.3. The van der Waals surface area contributed by atoms with Crippen molar-refractivity contribution in [1.29, 1.82) is 0 Å². The maximum Gasteiger partial charge on any atom is 0.269 e. The van der Waals surface area contributed by atoms with Gasteiger partial charge in [-0.25, -0.2) is 4.68 Å². The fourth-order valence-electron chi connectivity index (χ4n) is 1.00. The first-order valence-corrected chi connectivity index (χ1v) is 4.75. The van der Waals surface area contributed by atoms with Gasteiger partial charge in [-0.15, -0.1) is 10.2 Å². The second-order valence-electron chi connectivity index (χ2n) is 2.71. The van der Waals surface area contributed by atoms with Gasteiger partial charge in [0.15, 0.2) is 11.0 Å². The fraction of sp³-hybridized carbons (Fsp3) is 0. The maximum absolute atomic E-state index is 10.8. The Morgan fingerprint density at radius 1 is 1.38 bits per heavy atom. The number of carbonyl (C=O) groups is 1.